The van der Waals surface area contributed by atoms with Gasteiger partial charge in [0.05, 0.1) is 17.7 Å². The number of benzene rings is 2. The van der Waals surface area contributed by atoms with Gasteiger partial charge in [-0.3, -0.25) is 4.90 Å². The van der Waals surface area contributed by atoms with Crippen LogP contribution in [0.2, 0.25) is 0 Å². The summed E-state index contributed by atoms with van der Waals surface area (Å²) in [6.07, 6.45) is 1.32. The van der Waals surface area contributed by atoms with E-state index < -0.39 is 0 Å². The van der Waals surface area contributed by atoms with Crippen LogP contribution in [-0.4, -0.2) is 41.4 Å². The highest BCUT2D eigenvalue weighted by Crippen LogP contribution is 2.41. The second kappa shape index (κ2) is 6.08. The first-order valence-corrected chi connectivity index (χ1v) is 8.42. The van der Waals surface area contributed by atoms with Gasteiger partial charge in [0.25, 0.3) is 0 Å². The van der Waals surface area contributed by atoms with Crippen molar-refractivity contribution < 1.29 is 9.84 Å². The first-order chi connectivity index (χ1) is 11.3. The van der Waals surface area contributed by atoms with Crippen molar-refractivity contribution in [2.45, 2.75) is 30.6 Å². The van der Waals surface area contributed by atoms with E-state index in [9.17, 15) is 5.11 Å². The molecule has 1 spiro atoms. The van der Waals surface area contributed by atoms with E-state index in [1.165, 1.54) is 11.1 Å². The zero-order chi connectivity index (χ0) is 15.7. The molecule has 120 valence electrons. The third-order valence-electron chi connectivity index (χ3n) is 5.05. The SMILES string of the molecule is OC1CCOC2(C1)CN(C(c1ccccc1)c1ccccc1)C2. The number of nitrogens with zero attached hydrogens (tertiary/aromatic N) is 1. The summed E-state index contributed by atoms with van der Waals surface area (Å²) in [4.78, 5) is 2.46. The molecule has 3 heteroatoms. The molecule has 23 heavy (non-hydrogen) atoms. The fourth-order valence-corrected chi connectivity index (χ4v) is 3.98. The maximum Gasteiger partial charge on any atom is 0.0960 e. The molecule has 2 aliphatic rings. The summed E-state index contributed by atoms with van der Waals surface area (Å²) < 4.78 is 6.02. The van der Waals surface area contributed by atoms with Crippen molar-refractivity contribution in [2.24, 2.45) is 0 Å². The monoisotopic (exact) mass is 309 g/mol. The maximum absolute atomic E-state index is 9.97. The van der Waals surface area contributed by atoms with Crippen molar-refractivity contribution in [3.63, 3.8) is 0 Å². The van der Waals surface area contributed by atoms with Crippen LogP contribution in [0.5, 0.6) is 0 Å². The molecule has 1 unspecified atom stereocenters. The van der Waals surface area contributed by atoms with Gasteiger partial charge in [-0.2, -0.15) is 0 Å². The number of likely N-dealkylation sites (tertiary alicyclic amines) is 1. The second-order valence-corrected chi connectivity index (χ2v) is 6.81. The Morgan fingerprint density at radius 3 is 2.04 bits per heavy atom. The molecule has 0 saturated carbocycles. The minimum absolute atomic E-state index is 0.139. The van der Waals surface area contributed by atoms with Gasteiger partial charge >= 0.3 is 0 Å². The fraction of sp³-hybridized carbons (Fsp3) is 0.400. The first-order valence-electron chi connectivity index (χ1n) is 8.42. The molecule has 2 aromatic rings. The largest absolute Gasteiger partial charge is 0.393 e. The van der Waals surface area contributed by atoms with E-state index in [1.54, 1.807) is 0 Å². The lowest BCUT2D eigenvalue weighted by Crippen LogP contribution is -2.66. The van der Waals surface area contributed by atoms with E-state index in [0.717, 1.165) is 25.9 Å². The van der Waals surface area contributed by atoms with Crippen LogP contribution < -0.4 is 0 Å². The molecule has 0 aliphatic carbocycles. The Balaban J connectivity index is 1.58. The maximum atomic E-state index is 9.97. The molecule has 1 atom stereocenters. The summed E-state index contributed by atoms with van der Waals surface area (Å²) in [6.45, 7) is 2.45. The topological polar surface area (TPSA) is 32.7 Å². The minimum Gasteiger partial charge on any atom is -0.393 e. The van der Waals surface area contributed by atoms with Crippen molar-refractivity contribution in [1.29, 1.82) is 0 Å². The lowest BCUT2D eigenvalue weighted by Gasteiger charge is -2.55. The number of aliphatic hydroxyl groups is 1. The van der Waals surface area contributed by atoms with Gasteiger partial charge in [-0.1, -0.05) is 60.7 Å². The van der Waals surface area contributed by atoms with Gasteiger partial charge in [-0.15, -0.1) is 0 Å². The predicted molar refractivity (Wildman–Crippen MR) is 90.2 cm³/mol. The molecular formula is C20H23NO2. The van der Waals surface area contributed by atoms with E-state index in [2.05, 4.69) is 65.6 Å². The molecular weight excluding hydrogens is 286 g/mol. The van der Waals surface area contributed by atoms with Gasteiger partial charge in [0.1, 0.15) is 0 Å². The minimum atomic E-state index is -0.210. The molecule has 0 aromatic heterocycles. The molecule has 0 bridgehead atoms. The van der Waals surface area contributed by atoms with Crippen LogP contribution in [0.3, 0.4) is 0 Å². The second-order valence-electron chi connectivity index (χ2n) is 6.81. The Morgan fingerprint density at radius 1 is 0.957 bits per heavy atom. The average Bonchev–Trinajstić information content (AvgIpc) is 2.56. The molecule has 2 saturated heterocycles. The highest BCUT2D eigenvalue weighted by molar-refractivity contribution is 5.33. The summed E-state index contributed by atoms with van der Waals surface area (Å²) in [5.41, 5.74) is 2.48. The number of aliphatic hydroxyl groups excluding tert-OH is 1. The van der Waals surface area contributed by atoms with Crippen LogP contribution >= 0.6 is 0 Å². The number of ether oxygens (including phenoxy) is 1. The average molecular weight is 309 g/mol. The van der Waals surface area contributed by atoms with Crippen molar-refractivity contribution in [3.05, 3.63) is 71.8 Å². The smallest absolute Gasteiger partial charge is 0.0960 e. The van der Waals surface area contributed by atoms with Gasteiger partial charge in [0.2, 0.25) is 0 Å². The number of hydrogen-bond donors (Lipinski definition) is 1. The molecule has 2 heterocycles. The summed E-state index contributed by atoms with van der Waals surface area (Å²) in [5.74, 6) is 0. The molecule has 4 rings (SSSR count). The lowest BCUT2D eigenvalue weighted by atomic mass is 9.81. The van der Waals surface area contributed by atoms with E-state index in [0.29, 0.717) is 6.61 Å². The van der Waals surface area contributed by atoms with Crippen LogP contribution in [0.25, 0.3) is 0 Å². The molecule has 0 radical (unpaired) electrons. The van der Waals surface area contributed by atoms with Gasteiger partial charge < -0.3 is 9.84 Å². The normalized spacial score (nSPS) is 23.8. The van der Waals surface area contributed by atoms with E-state index in [-0.39, 0.29) is 17.7 Å². The van der Waals surface area contributed by atoms with Crippen LogP contribution in [-0.2, 0) is 4.74 Å². The van der Waals surface area contributed by atoms with Crippen LogP contribution in [0.4, 0.5) is 0 Å². The van der Waals surface area contributed by atoms with Crippen LogP contribution in [0.1, 0.15) is 30.0 Å². The predicted octanol–water partition coefficient (Wildman–Crippen LogP) is 3.00. The van der Waals surface area contributed by atoms with E-state index in [1.807, 2.05) is 0 Å². The zero-order valence-corrected chi connectivity index (χ0v) is 13.3. The summed E-state index contributed by atoms with van der Waals surface area (Å²) in [5, 5.41) is 9.97. The van der Waals surface area contributed by atoms with E-state index >= 15 is 0 Å². The zero-order valence-electron chi connectivity index (χ0n) is 13.3. The molecule has 2 aliphatic heterocycles. The van der Waals surface area contributed by atoms with Crippen LogP contribution in [0, 0.1) is 0 Å². The quantitative estimate of drug-likeness (QED) is 0.946. The summed E-state index contributed by atoms with van der Waals surface area (Å²) >= 11 is 0. The third-order valence-corrected chi connectivity index (χ3v) is 5.05. The highest BCUT2D eigenvalue weighted by Gasteiger charge is 2.49. The number of hydrogen-bond acceptors (Lipinski definition) is 3. The van der Waals surface area contributed by atoms with Crippen molar-refractivity contribution in [1.82, 2.24) is 4.90 Å². The molecule has 3 nitrogen and oxygen atoms in total. The highest BCUT2D eigenvalue weighted by atomic mass is 16.5. The van der Waals surface area contributed by atoms with Crippen molar-refractivity contribution in [2.75, 3.05) is 19.7 Å². The van der Waals surface area contributed by atoms with Gasteiger partial charge in [0, 0.05) is 26.1 Å². The Kier molecular flexibility index (Phi) is 3.93. The Morgan fingerprint density at radius 2 is 1.52 bits per heavy atom. The third kappa shape index (κ3) is 2.92. The van der Waals surface area contributed by atoms with Gasteiger partial charge in [-0.05, 0) is 17.5 Å². The van der Waals surface area contributed by atoms with Crippen molar-refractivity contribution in [3.8, 4) is 0 Å². The molecule has 2 fully saturated rings. The van der Waals surface area contributed by atoms with Crippen LogP contribution in [0.15, 0.2) is 60.7 Å². The Hall–Kier alpha value is -1.68. The summed E-state index contributed by atoms with van der Waals surface area (Å²) in [7, 11) is 0. The fourth-order valence-electron chi connectivity index (χ4n) is 3.98. The Labute approximate surface area is 137 Å². The summed E-state index contributed by atoms with van der Waals surface area (Å²) in [6, 6.07) is 21.5. The Bertz CT molecular complexity index is 598. The van der Waals surface area contributed by atoms with Gasteiger partial charge in [0.15, 0.2) is 0 Å². The molecule has 0 amide bonds. The first kappa shape index (κ1) is 14.9. The molecule has 1 N–H and O–H groups in total. The van der Waals surface area contributed by atoms with Gasteiger partial charge in [-0.25, -0.2) is 0 Å². The van der Waals surface area contributed by atoms with Crippen molar-refractivity contribution >= 4 is 0 Å². The lowest BCUT2D eigenvalue weighted by molar-refractivity contribution is -0.195. The standard InChI is InChI=1S/C20H23NO2/c22-18-11-12-23-20(13-18)14-21(15-20)19(16-7-3-1-4-8-16)17-9-5-2-6-10-17/h1-10,18-19,22H,11-15H2. The van der Waals surface area contributed by atoms with E-state index in [4.69, 9.17) is 4.74 Å². The molecule has 2 aromatic carbocycles. The number of rotatable bonds is 3.